The molecule has 0 saturated heterocycles. The molecule has 166 valence electrons. The predicted octanol–water partition coefficient (Wildman–Crippen LogP) is 3.49. The molecule has 11 heteroatoms. The van der Waals surface area contributed by atoms with E-state index in [-0.39, 0.29) is 17.1 Å². The maximum Gasteiger partial charge on any atom is 0.411 e. The molecule has 0 aliphatic rings. The molecule has 0 bridgehead atoms. The number of nitrogens with one attached hydrogen (secondary N) is 2. The summed E-state index contributed by atoms with van der Waals surface area (Å²) in [6, 6.07) is 7.66. The van der Waals surface area contributed by atoms with Crippen molar-refractivity contribution < 1.29 is 36.7 Å². The van der Waals surface area contributed by atoms with E-state index in [9.17, 15) is 27.5 Å². The van der Waals surface area contributed by atoms with Crippen molar-refractivity contribution in [2.45, 2.75) is 24.8 Å². The number of hydrogen-bond acceptors (Lipinski definition) is 6. The van der Waals surface area contributed by atoms with Gasteiger partial charge in [0.25, 0.3) is 0 Å². The molecule has 0 fully saturated rings. The maximum absolute atomic E-state index is 12.7. The van der Waals surface area contributed by atoms with Crippen LogP contribution in [-0.2, 0) is 19.6 Å². The number of ether oxygens (including phenoxy) is 1. The van der Waals surface area contributed by atoms with E-state index in [1.807, 2.05) is 0 Å². The molecular formula is C20H21FN2O7S. The zero-order valence-electron chi connectivity index (χ0n) is 16.7. The van der Waals surface area contributed by atoms with Crippen molar-refractivity contribution in [3.63, 3.8) is 0 Å². The van der Waals surface area contributed by atoms with Crippen LogP contribution in [0.15, 0.2) is 45.7 Å². The van der Waals surface area contributed by atoms with Crippen LogP contribution >= 0.6 is 0 Å². The van der Waals surface area contributed by atoms with Gasteiger partial charge in [-0.3, -0.25) is 10.1 Å². The fraction of sp³-hybridized carbons (Fsp3) is 0.300. The lowest BCUT2D eigenvalue weighted by molar-refractivity contribution is -0.140. The van der Waals surface area contributed by atoms with E-state index < -0.39 is 40.7 Å². The van der Waals surface area contributed by atoms with E-state index in [1.165, 1.54) is 18.2 Å². The summed E-state index contributed by atoms with van der Waals surface area (Å²) in [6.45, 7) is 2.06. The Balaban J connectivity index is 1.93. The molecule has 1 amide bonds. The monoisotopic (exact) mass is 452 g/mol. The van der Waals surface area contributed by atoms with Gasteiger partial charge in [0.05, 0.1) is 4.90 Å². The number of amides is 1. The number of sulfonamides is 1. The minimum Gasteiger partial charge on any atom is -0.480 e. The maximum atomic E-state index is 12.7. The lowest BCUT2D eigenvalue weighted by atomic mass is 10.1. The van der Waals surface area contributed by atoms with E-state index in [4.69, 9.17) is 4.42 Å². The summed E-state index contributed by atoms with van der Waals surface area (Å²) in [5.41, 5.74) is 1.11. The van der Waals surface area contributed by atoms with Gasteiger partial charge in [-0.1, -0.05) is 13.8 Å². The first-order valence-electron chi connectivity index (χ1n) is 9.33. The molecule has 31 heavy (non-hydrogen) atoms. The molecular weight excluding hydrogens is 431 g/mol. The van der Waals surface area contributed by atoms with Gasteiger partial charge in [0.2, 0.25) is 10.0 Å². The predicted molar refractivity (Wildman–Crippen MR) is 111 cm³/mol. The third kappa shape index (κ3) is 4.94. The van der Waals surface area contributed by atoms with Crippen LogP contribution in [0.2, 0.25) is 0 Å². The highest BCUT2D eigenvalue weighted by atomic mass is 32.2. The van der Waals surface area contributed by atoms with Crippen molar-refractivity contribution >= 4 is 49.7 Å². The highest BCUT2D eigenvalue weighted by Gasteiger charge is 2.28. The third-order valence-electron chi connectivity index (χ3n) is 4.52. The summed E-state index contributed by atoms with van der Waals surface area (Å²) in [4.78, 5) is 22.8. The molecule has 0 saturated carbocycles. The second kappa shape index (κ2) is 8.90. The molecule has 2 aromatic carbocycles. The molecule has 0 aliphatic carbocycles. The number of carboxylic acid groups (broad SMARTS) is 1. The van der Waals surface area contributed by atoms with E-state index >= 15 is 0 Å². The Morgan fingerprint density at radius 1 is 1.13 bits per heavy atom. The molecule has 1 atom stereocenters. The summed E-state index contributed by atoms with van der Waals surface area (Å²) >= 11 is 0. The molecule has 1 heterocycles. The number of benzene rings is 2. The minimum absolute atomic E-state index is 0.140. The Hall–Kier alpha value is -3.18. The number of hydrogen-bond donors (Lipinski definition) is 3. The van der Waals surface area contributed by atoms with Crippen LogP contribution in [0, 0.1) is 5.92 Å². The molecule has 9 nitrogen and oxygen atoms in total. The lowest BCUT2D eigenvalue weighted by Crippen LogP contribution is -2.44. The zero-order valence-corrected chi connectivity index (χ0v) is 17.5. The van der Waals surface area contributed by atoms with Gasteiger partial charge in [0.15, 0.2) is 0 Å². The topological polar surface area (TPSA) is 135 Å². The second-order valence-electron chi connectivity index (χ2n) is 7.10. The highest BCUT2D eigenvalue weighted by molar-refractivity contribution is 7.89. The molecule has 0 radical (unpaired) electrons. The first kappa shape index (κ1) is 22.5. The Morgan fingerprint density at radius 3 is 2.52 bits per heavy atom. The van der Waals surface area contributed by atoms with Crippen LogP contribution in [0.4, 0.5) is 14.9 Å². The number of alkyl halides is 1. The van der Waals surface area contributed by atoms with Crippen LogP contribution in [0.25, 0.3) is 21.9 Å². The highest BCUT2D eigenvalue weighted by Crippen LogP contribution is 2.32. The number of carbonyl (C=O) groups excluding carboxylic acids is 1. The largest absolute Gasteiger partial charge is 0.480 e. The number of carbonyl (C=O) groups is 2. The number of fused-ring (bicyclic) bond motifs is 3. The van der Waals surface area contributed by atoms with Gasteiger partial charge in [-0.2, -0.15) is 4.72 Å². The lowest BCUT2D eigenvalue weighted by Gasteiger charge is -2.17. The molecule has 0 unspecified atom stereocenters. The number of furan rings is 1. The third-order valence-corrected chi connectivity index (χ3v) is 5.96. The summed E-state index contributed by atoms with van der Waals surface area (Å²) in [6.07, 6.45) is -0.803. The number of rotatable bonds is 8. The van der Waals surface area contributed by atoms with E-state index in [0.717, 1.165) is 0 Å². The van der Waals surface area contributed by atoms with Crippen LogP contribution < -0.4 is 10.0 Å². The molecule has 3 rings (SSSR count). The normalized spacial score (nSPS) is 12.9. The summed E-state index contributed by atoms with van der Waals surface area (Å²) in [5.74, 6) is -1.72. The molecule has 0 aliphatic heterocycles. The fourth-order valence-electron chi connectivity index (χ4n) is 2.99. The molecule has 1 aromatic heterocycles. The number of carboxylic acids is 1. The van der Waals surface area contributed by atoms with Gasteiger partial charge < -0.3 is 14.3 Å². The smallest absolute Gasteiger partial charge is 0.411 e. The zero-order chi connectivity index (χ0) is 22.8. The van der Waals surface area contributed by atoms with Crippen LogP contribution in [0.3, 0.4) is 0 Å². The van der Waals surface area contributed by atoms with E-state index in [2.05, 4.69) is 14.8 Å². The molecule has 3 N–H and O–H groups in total. The summed E-state index contributed by atoms with van der Waals surface area (Å²) < 4.78 is 50.0. The van der Waals surface area contributed by atoms with Crippen molar-refractivity contribution in [2.24, 2.45) is 5.92 Å². The average molecular weight is 452 g/mol. The Labute approximate surface area is 177 Å². The number of halogens is 1. The van der Waals surface area contributed by atoms with Gasteiger partial charge in [-0.05, 0) is 36.2 Å². The SMILES string of the molecule is CC(C)[C@H](NS(=O)(=O)c1ccc2c(c1)oc1ccc(NC(=O)OCCF)cc12)C(=O)O. The average Bonchev–Trinajstić information content (AvgIpc) is 3.07. The van der Waals surface area contributed by atoms with Crippen molar-refractivity contribution in [1.82, 2.24) is 4.72 Å². The minimum atomic E-state index is -4.11. The molecule has 0 spiro atoms. The van der Waals surface area contributed by atoms with Crippen LogP contribution in [-0.4, -0.2) is 44.9 Å². The summed E-state index contributed by atoms with van der Waals surface area (Å²) in [5, 5.41) is 12.9. The van der Waals surface area contributed by atoms with Gasteiger partial charge in [-0.15, -0.1) is 0 Å². The van der Waals surface area contributed by atoms with Crippen molar-refractivity contribution in [2.75, 3.05) is 18.6 Å². The fourth-order valence-corrected chi connectivity index (χ4v) is 4.35. The van der Waals surface area contributed by atoms with Gasteiger partial charge >= 0.3 is 12.1 Å². The number of aliphatic carboxylic acids is 1. The Kier molecular flexibility index (Phi) is 6.46. The van der Waals surface area contributed by atoms with Crippen LogP contribution in [0.5, 0.6) is 0 Å². The van der Waals surface area contributed by atoms with Gasteiger partial charge in [0, 0.05) is 22.5 Å². The standard InChI is InChI=1S/C20H21FN2O7S/c1-11(2)18(19(24)25)23-31(27,28)13-4-5-14-15-9-12(22-20(26)29-8-7-21)3-6-16(15)30-17(14)10-13/h3-6,9-11,18,23H,7-8H2,1-2H3,(H,22,26)(H,24,25)/t18-/m0/s1. The Bertz CT molecular complexity index is 1240. The number of anilines is 1. The van der Waals surface area contributed by atoms with Crippen molar-refractivity contribution in [3.05, 3.63) is 36.4 Å². The molecule has 3 aromatic rings. The summed E-state index contributed by atoms with van der Waals surface area (Å²) in [7, 11) is -4.11. The van der Waals surface area contributed by atoms with E-state index in [0.29, 0.717) is 22.0 Å². The van der Waals surface area contributed by atoms with E-state index in [1.54, 1.807) is 32.0 Å². The Morgan fingerprint density at radius 2 is 1.87 bits per heavy atom. The second-order valence-corrected chi connectivity index (χ2v) is 8.82. The first-order valence-corrected chi connectivity index (χ1v) is 10.8. The van der Waals surface area contributed by atoms with Crippen LogP contribution in [0.1, 0.15) is 13.8 Å². The van der Waals surface area contributed by atoms with Crippen molar-refractivity contribution in [3.8, 4) is 0 Å². The quantitative estimate of drug-likeness (QED) is 0.476. The van der Waals surface area contributed by atoms with Gasteiger partial charge in [0.1, 0.15) is 30.5 Å². The first-order chi connectivity index (χ1) is 14.6. The van der Waals surface area contributed by atoms with Crippen molar-refractivity contribution in [1.29, 1.82) is 0 Å². The van der Waals surface area contributed by atoms with Gasteiger partial charge in [-0.25, -0.2) is 17.6 Å².